The SMILES string of the molecule is COc1cccn(CC(=O)N(C)CCSc2ccccc2)c1=O. The highest BCUT2D eigenvalue weighted by atomic mass is 32.2. The van der Waals surface area contributed by atoms with E-state index in [9.17, 15) is 9.59 Å². The molecule has 0 fully saturated rings. The molecule has 2 aromatic rings. The smallest absolute Gasteiger partial charge is 0.293 e. The van der Waals surface area contributed by atoms with E-state index in [1.807, 2.05) is 30.3 Å². The van der Waals surface area contributed by atoms with Gasteiger partial charge in [-0.05, 0) is 24.3 Å². The molecule has 1 heterocycles. The summed E-state index contributed by atoms with van der Waals surface area (Å²) in [5.74, 6) is 0.941. The van der Waals surface area contributed by atoms with E-state index in [0.717, 1.165) is 5.75 Å². The van der Waals surface area contributed by atoms with Gasteiger partial charge in [0.2, 0.25) is 5.91 Å². The maximum Gasteiger partial charge on any atom is 0.293 e. The second-order valence-corrected chi connectivity index (χ2v) is 6.15. The Morgan fingerprint density at radius 2 is 1.96 bits per heavy atom. The average molecular weight is 332 g/mol. The Bertz CT molecular complexity index is 700. The summed E-state index contributed by atoms with van der Waals surface area (Å²) in [6, 6.07) is 13.3. The van der Waals surface area contributed by atoms with Crippen molar-refractivity contribution in [2.24, 2.45) is 0 Å². The number of benzene rings is 1. The third-order valence-electron chi connectivity index (χ3n) is 3.38. The van der Waals surface area contributed by atoms with E-state index in [1.54, 1.807) is 42.0 Å². The number of ether oxygens (including phenoxy) is 1. The zero-order valence-corrected chi connectivity index (χ0v) is 14.1. The maximum absolute atomic E-state index is 12.2. The van der Waals surface area contributed by atoms with Gasteiger partial charge in [-0.3, -0.25) is 9.59 Å². The number of aromatic nitrogens is 1. The Morgan fingerprint density at radius 3 is 2.65 bits per heavy atom. The van der Waals surface area contributed by atoms with Crippen molar-refractivity contribution >= 4 is 17.7 Å². The minimum absolute atomic E-state index is 0.0164. The number of hydrogen-bond acceptors (Lipinski definition) is 4. The van der Waals surface area contributed by atoms with Crippen LogP contribution < -0.4 is 10.3 Å². The fourth-order valence-electron chi connectivity index (χ4n) is 2.00. The van der Waals surface area contributed by atoms with Crippen LogP contribution in [0.25, 0.3) is 0 Å². The Kier molecular flexibility index (Phi) is 6.29. The Morgan fingerprint density at radius 1 is 1.22 bits per heavy atom. The minimum Gasteiger partial charge on any atom is -0.491 e. The highest BCUT2D eigenvalue weighted by Gasteiger charge is 2.11. The van der Waals surface area contributed by atoms with Crippen molar-refractivity contribution < 1.29 is 9.53 Å². The van der Waals surface area contributed by atoms with E-state index >= 15 is 0 Å². The van der Waals surface area contributed by atoms with E-state index in [1.165, 1.54) is 16.6 Å². The first-order valence-electron chi connectivity index (χ1n) is 7.27. The molecule has 1 aromatic carbocycles. The fraction of sp³-hybridized carbons (Fsp3) is 0.294. The molecule has 5 nitrogen and oxygen atoms in total. The average Bonchev–Trinajstić information content (AvgIpc) is 2.57. The molecule has 0 radical (unpaired) electrons. The molecular formula is C17H20N2O3S. The number of methoxy groups -OCH3 is 1. The number of amides is 1. The molecule has 0 unspecified atom stereocenters. The summed E-state index contributed by atoms with van der Waals surface area (Å²) in [5.41, 5.74) is -0.296. The minimum atomic E-state index is -0.296. The van der Waals surface area contributed by atoms with Gasteiger partial charge in [0.1, 0.15) is 6.54 Å². The maximum atomic E-state index is 12.2. The normalized spacial score (nSPS) is 10.3. The molecule has 0 saturated heterocycles. The summed E-state index contributed by atoms with van der Waals surface area (Å²) in [4.78, 5) is 27.1. The highest BCUT2D eigenvalue weighted by Crippen LogP contribution is 2.16. The van der Waals surface area contributed by atoms with E-state index in [4.69, 9.17) is 4.74 Å². The molecule has 2 rings (SSSR count). The molecule has 1 aromatic heterocycles. The number of carbonyl (C=O) groups excluding carboxylic acids is 1. The van der Waals surface area contributed by atoms with E-state index in [-0.39, 0.29) is 23.8 Å². The van der Waals surface area contributed by atoms with Gasteiger partial charge in [0.15, 0.2) is 5.75 Å². The van der Waals surface area contributed by atoms with Crippen molar-refractivity contribution in [3.63, 3.8) is 0 Å². The van der Waals surface area contributed by atoms with Crippen LogP contribution in [-0.4, -0.2) is 41.8 Å². The summed E-state index contributed by atoms with van der Waals surface area (Å²) in [7, 11) is 3.19. The van der Waals surface area contributed by atoms with Gasteiger partial charge in [-0.25, -0.2) is 0 Å². The van der Waals surface area contributed by atoms with Crippen molar-refractivity contribution in [3.8, 4) is 5.75 Å². The van der Waals surface area contributed by atoms with Crippen LogP contribution in [0.5, 0.6) is 5.75 Å². The summed E-state index contributed by atoms with van der Waals surface area (Å²) in [6.07, 6.45) is 1.59. The third kappa shape index (κ3) is 4.89. The second kappa shape index (κ2) is 8.43. The Balaban J connectivity index is 1.87. The van der Waals surface area contributed by atoms with Crippen LogP contribution in [0.15, 0.2) is 58.4 Å². The first-order valence-corrected chi connectivity index (χ1v) is 8.25. The molecular weight excluding hydrogens is 312 g/mol. The predicted octanol–water partition coefficient (Wildman–Crippen LogP) is 2.11. The van der Waals surface area contributed by atoms with Crippen molar-refractivity contribution in [3.05, 3.63) is 59.0 Å². The lowest BCUT2D eigenvalue weighted by Gasteiger charge is -2.17. The molecule has 0 N–H and O–H groups in total. The van der Waals surface area contributed by atoms with Gasteiger partial charge in [-0.15, -0.1) is 11.8 Å². The lowest BCUT2D eigenvalue weighted by molar-refractivity contribution is -0.130. The number of thioether (sulfide) groups is 1. The molecule has 6 heteroatoms. The molecule has 23 heavy (non-hydrogen) atoms. The quantitative estimate of drug-likeness (QED) is 0.729. The number of rotatable bonds is 7. The second-order valence-electron chi connectivity index (χ2n) is 4.99. The zero-order valence-electron chi connectivity index (χ0n) is 13.3. The van der Waals surface area contributed by atoms with Gasteiger partial charge >= 0.3 is 0 Å². The lowest BCUT2D eigenvalue weighted by Crippen LogP contribution is -2.35. The Hall–Kier alpha value is -2.21. The molecule has 0 spiro atoms. The summed E-state index contributed by atoms with van der Waals surface area (Å²) in [5, 5.41) is 0. The number of nitrogens with zero attached hydrogens (tertiary/aromatic N) is 2. The monoisotopic (exact) mass is 332 g/mol. The van der Waals surface area contributed by atoms with Crippen molar-refractivity contribution in [1.82, 2.24) is 9.47 Å². The predicted molar refractivity (Wildman–Crippen MR) is 92.1 cm³/mol. The molecule has 122 valence electrons. The van der Waals surface area contributed by atoms with E-state index in [2.05, 4.69) is 0 Å². The van der Waals surface area contributed by atoms with Crippen molar-refractivity contribution in [2.75, 3.05) is 26.5 Å². The Labute approximate surface area is 139 Å². The number of hydrogen-bond donors (Lipinski definition) is 0. The first-order chi connectivity index (χ1) is 11.1. The summed E-state index contributed by atoms with van der Waals surface area (Å²) >= 11 is 1.70. The van der Waals surface area contributed by atoms with Gasteiger partial charge in [0.05, 0.1) is 7.11 Å². The molecule has 0 aliphatic heterocycles. The van der Waals surface area contributed by atoms with Crippen LogP contribution in [0.4, 0.5) is 0 Å². The van der Waals surface area contributed by atoms with Gasteiger partial charge < -0.3 is 14.2 Å². The van der Waals surface area contributed by atoms with Crippen molar-refractivity contribution in [2.45, 2.75) is 11.4 Å². The molecule has 0 atom stereocenters. The van der Waals surface area contributed by atoms with E-state index < -0.39 is 0 Å². The van der Waals surface area contributed by atoms with Crippen molar-refractivity contribution in [1.29, 1.82) is 0 Å². The van der Waals surface area contributed by atoms with Crippen LogP contribution in [-0.2, 0) is 11.3 Å². The molecule has 0 aliphatic rings. The van der Waals surface area contributed by atoms with Crippen LogP contribution in [0, 0.1) is 0 Å². The number of pyridine rings is 1. The van der Waals surface area contributed by atoms with E-state index in [0.29, 0.717) is 6.54 Å². The summed E-state index contributed by atoms with van der Waals surface area (Å²) < 4.78 is 6.34. The lowest BCUT2D eigenvalue weighted by atomic mass is 10.4. The van der Waals surface area contributed by atoms with Crippen LogP contribution in [0.3, 0.4) is 0 Å². The summed E-state index contributed by atoms with van der Waals surface area (Å²) in [6.45, 7) is 0.639. The number of likely N-dealkylation sites (N-methyl/N-ethyl adjacent to an activating group) is 1. The van der Waals surface area contributed by atoms with Gasteiger partial charge in [-0.1, -0.05) is 18.2 Å². The van der Waals surface area contributed by atoms with Gasteiger partial charge in [0, 0.05) is 30.4 Å². The largest absolute Gasteiger partial charge is 0.491 e. The van der Waals surface area contributed by atoms with Gasteiger partial charge in [-0.2, -0.15) is 0 Å². The number of carbonyl (C=O) groups is 1. The molecule has 1 amide bonds. The van der Waals surface area contributed by atoms with Crippen LogP contribution in [0.1, 0.15) is 0 Å². The third-order valence-corrected chi connectivity index (χ3v) is 4.37. The fourth-order valence-corrected chi connectivity index (χ4v) is 2.95. The molecule has 0 saturated carbocycles. The standard InChI is InChI=1S/C17H20N2O3S/c1-18(11-12-23-14-7-4-3-5-8-14)16(20)13-19-10-6-9-15(22-2)17(19)21/h3-10H,11-13H2,1-2H3. The topological polar surface area (TPSA) is 51.5 Å². The molecule has 0 bridgehead atoms. The first kappa shape index (κ1) is 17.1. The highest BCUT2D eigenvalue weighted by molar-refractivity contribution is 7.99. The van der Waals surface area contributed by atoms with Gasteiger partial charge in [0.25, 0.3) is 5.56 Å². The van der Waals surface area contributed by atoms with Crippen LogP contribution >= 0.6 is 11.8 Å². The molecule has 0 aliphatic carbocycles. The van der Waals surface area contributed by atoms with Crippen LogP contribution in [0.2, 0.25) is 0 Å². The zero-order chi connectivity index (χ0) is 16.7.